The normalized spacial score (nSPS) is 15.7. The van der Waals surface area contributed by atoms with Crippen molar-refractivity contribution >= 4 is 72.6 Å². The molecule has 0 aliphatic carbocycles. The molecule has 3 aromatic rings. The zero-order valence-electron chi connectivity index (χ0n) is 18.7. The van der Waals surface area contributed by atoms with E-state index in [9.17, 15) is 14.4 Å². The first-order valence-electron chi connectivity index (χ1n) is 10.5. The third kappa shape index (κ3) is 4.78. The molecule has 180 valence electrons. The van der Waals surface area contributed by atoms with Gasteiger partial charge in [0.15, 0.2) is 0 Å². The van der Waals surface area contributed by atoms with Crippen LogP contribution in [-0.4, -0.2) is 30.2 Å². The molecule has 0 fully saturated rings. The van der Waals surface area contributed by atoms with Crippen LogP contribution in [0.25, 0.3) is 17.5 Å². The lowest BCUT2D eigenvalue weighted by molar-refractivity contribution is -0.138. The molecule has 0 radical (unpaired) electrons. The van der Waals surface area contributed by atoms with Crippen LogP contribution < -0.4 is 20.5 Å². The van der Waals surface area contributed by atoms with Crippen LogP contribution in [0.1, 0.15) is 24.0 Å². The molecule has 1 aromatic heterocycles. The van der Waals surface area contributed by atoms with Crippen molar-refractivity contribution in [2.75, 3.05) is 13.7 Å². The van der Waals surface area contributed by atoms with E-state index in [0.29, 0.717) is 14.8 Å². The molecular weight excluding hydrogens is 600 g/mol. The lowest BCUT2D eigenvalue weighted by atomic mass is 9.83. The van der Waals surface area contributed by atoms with Gasteiger partial charge in [-0.05, 0) is 48.4 Å². The second-order valence-corrected chi connectivity index (χ2v) is 10.4. The molecule has 1 atom stereocenters. The van der Waals surface area contributed by atoms with Crippen molar-refractivity contribution < 1.29 is 19.1 Å². The Labute approximate surface area is 221 Å². The van der Waals surface area contributed by atoms with Gasteiger partial charge >= 0.3 is 11.9 Å². The highest BCUT2D eigenvalue weighted by Gasteiger charge is 2.39. The van der Waals surface area contributed by atoms with Gasteiger partial charge in [-0.3, -0.25) is 9.36 Å². The number of aromatic nitrogens is 1. The van der Waals surface area contributed by atoms with Gasteiger partial charge in [0, 0.05) is 8.95 Å². The van der Waals surface area contributed by atoms with Gasteiger partial charge in [-0.1, -0.05) is 56.1 Å². The van der Waals surface area contributed by atoms with Crippen LogP contribution in [-0.2, 0) is 19.1 Å². The summed E-state index contributed by atoms with van der Waals surface area (Å²) in [4.78, 5) is 39.8. The van der Waals surface area contributed by atoms with E-state index in [4.69, 9.17) is 15.2 Å². The number of carbonyl (C=O) groups excluding carboxylic acids is 2. The summed E-state index contributed by atoms with van der Waals surface area (Å²) in [6.07, 6.45) is 1.71. The average Bonchev–Trinajstić information content (AvgIpc) is 3.14. The van der Waals surface area contributed by atoms with Crippen molar-refractivity contribution in [3.63, 3.8) is 0 Å². The molecule has 1 aliphatic heterocycles. The van der Waals surface area contributed by atoms with E-state index < -0.39 is 23.4 Å². The van der Waals surface area contributed by atoms with Crippen molar-refractivity contribution in [3.8, 4) is 0 Å². The highest BCUT2D eigenvalue weighted by molar-refractivity contribution is 9.10. The molecule has 0 spiro atoms. The maximum atomic E-state index is 13.5. The Hall–Kier alpha value is -2.95. The second kappa shape index (κ2) is 10.3. The fourth-order valence-corrected chi connectivity index (χ4v) is 5.93. The first kappa shape index (κ1) is 25.2. The second-order valence-electron chi connectivity index (χ2n) is 7.52. The molecular formula is C25H20Br2N2O5S. The zero-order chi connectivity index (χ0) is 25.3. The van der Waals surface area contributed by atoms with Gasteiger partial charge in [0.05, 0.1) is 35.3 Å². The maximum absolute atomic E-state index is 13.5. The van der Waals surface area contributed by atoms with Crippen molar-refractivity contribution in [3.05, 3.63) is 93.7 Å². The molecule has 0 amide bonds. The molecule has 1 aliphatic rings. The number of halogens is 2. The summed E-state index contributed by atoms with van der Waals surface area (Å²) in [7, 11) is 1.25. The predicted molar refractivity (Wildman–Crippen MR) is 142 cm³/mol. The molecule has 1 unspecified atom stereocenters. The average molecular weight is 620 g/mol. The first-order chi connectivity index (χ1) is 16.8. The summed E-state index contributed by atoms with van der Waals surface area (Å²) >= 11 is 7.99. The lowest BCUT2D eigenvalue weighted by Crippen LogP contribution is -2.41. The Morgan fingerprint density at radius 2 is 1.77 bits per heavy atom. The number of benzene rings is 2. The van der Waals surface area contributed by atoms with Gasteiger partial charge in [0.2, 0.25) is 0 Å². The standard InChI is InChI=1S/C25H20Br2N2O5S/c1-3-34-25(32)19-18(14-7-5-9-16(27)12-14)20(24(31)33-2)23-29(21(19)28)22(30)17(35-23)11-13-6-4-8-15(26)10-13/h4-12,18H,3,28H2,1-2H3/b17-11-. The number of thiazole rings is 1. The van der Waals surface area contributed by atoms with Gasteiger partial charge in [0.25, 0.3) is 5.56 Å². The molecule has 35 heavy (non-hydrogen) atoms. The summed E-state index contributed by atoms with van der Waals surface area (Å²) in [5, 5.41) is 0. The van der Waals surface area contributed by atoms with Gasteiger partial charge in [0.1, 0.15) is 10.5 Å². The molecule has 7 nitrogen and oxygen atoms in total. The van der Waals surface area contributed by atoms with Crippen molar-refractivity contribution in [2.24, 2.45) is 5.73 Å². The van der Waals surface area contributed by atoms with Gasteiger partial charge in [-0.25, -0.2) is 9.59 Å². The van der Waals surface area contributed by atoms with Crippen LogP contribution in [0.15, 0.2) is 67.8 Å². The third-order valence-corrected chi connectivity index (χ3v) is 7.47. The van der Waals surface area contributed by atoms with Crippen LogP contribution in [0.3, 0.4) is 0 Å². The summed E-state index contributed by atoms with van der Waals surface area (Å²) in [5.41, 5.74) is 7.58. The lowest BCUT2D eigenvalue weighted by Gasteiger charge is -2.26. The van der Waals surface area contributed by atoms with Crippen LogP contribution >= 0.6 is 43.2 Å². The molecule has 2 heterocycles. The number of nitrogens with zero attached hydrogens (tertiary/aromatic N) is 1. The van der Waals surface area contributed by atoms with Crippen LogP contribution in [0, 0.1) is 0 Å². The number of methoxy groups -OCH3 is 1. The minimum Gasteiger partial charge on any atom is -0.466 e. The molecule has 10 heteroatoms. The first-order valence-corrected chi connectivity index (χ1v) is 12.9. The van der Waals surface area contributed by atoms with Gasteiger partial charge < -0.3 is 15.2 Å². The van der Waals surface area contributed by atoms with E-state index in [0.717, 1.165) is 25.8 Å². The largest absolute Gasteiger partial charge is 0.466 e. The Morgan fingerprint density at radius 1 is 1.09 bits per heavy atom. The number of ether oxygens (including phenoxy) is 2. The number of fused-ring (bicyclic) bond motifs is 1. The monoisotopic (exact) mass is 618 g/mol. The Bertz CT molecular complexity index is 1550. The topological polar surface area (TPSA) is 101 Å². The summed E-state index contributed by atoms with van der Waals surface area (Å²) in [6.45, 7) is 1.77. The van der Waals surface area contributed by atoms with Crippen molar-refractivity contribution in [1.82, 2.24) is 4.57 Å². The molecule has 0 saturated heterocycles. The van der Waals surface area contributed by atoms with E-state index in [-0.39, 0.29) is 23.6 Å². The van der Waals surface area contributed by atoms with Gasteiger partial charge in [-0.15, -0.1) is 11.3 Å². The third-order valence-electron chi connectivity index (χ3n) is 5.38. The van der Waals surface area contributed by atoms with Crippen molar-refractivity contribution in [1.29, 1.82) is 0 Å². The summed E-state index contributed by atoms with van der Waals surface area (Å²) < 4.78 is 13.8. The smallest absolute Gasteiger partial charge is 0.338 e. The number of esters is 2. The zero-order valence-corrected chi connectivity index (χ0v) is 22.7. The highest BCUT2D eigenvalue weighted by Crippen LogP contribution is 2.38. The summed E-state index contributed by atoms with van der Waals surface area (Å²) in [6, 6.07) is 14.6. The van der Waals surface area contributed by atoms with Crippen LogP contribution in [0.4, 0.5) is 0 Å². The minimum absolute atomic E-state index is 0.00626. The SMILES string of the molecule is CCOC(=O)C1=C(N)n2c(s/c(=C\c3cccc(Br)c3)c2=O)=C(C(=O)OC)C1c1cccc(Br)c1. The fraction of sp³-hybridized carbons (Fsp3) is 0.160. The molecule has 2 aromatic carbocycles. The maximum Gasteiger partial charge on any atom is 0.338 e. The molecule has 0 bridgehead atoms. The van der Waals surface area contributed by atoms with E-state index in [1.165, 1.54) is 11.7 Å². The Balaban J connectivity index is 2.13. The molecule has 0 saturated carbocycles. The quantitative estimate of drug-likeness (QED) is 0.441. The number of rotatable bonds is 5. The van der Waals surface area contributed by atoms with Crippen LogP contribution in [0.2, 0.25) is 0 Å². The predicted octanol–water partition coefficient (Wildman–Crippen LogP) is 3.08. The number of nitrogens with two attached hydrogens (primary N) is 1. The Morgan fingerprint density at radius 3 is 2.40 bits per heavy atom. The van der Waals surface area contributed by atoms with E-state index in [2.05, 4.69) is 31.9 Å². The highest BCUT2D eigenvalue weighted by atomic mass is 79.9. The van der Waals surface area contributed by atoms with Gasteiger partial charge in [-0.2, -0.15) is 0 Å². The molecule has 4 rings (SSSR count). The minimum atomic E-state index is -0.893. The van der Waals surface area contributed by atoms with E-state index >= 15 is 0 Å². The van der Waals surface area contributed by atoms with E-state index in [1.807, 2.05) is 30.3 Å². The van der Waals surface area contributed by atoms with E-state index in [1.54, 1.807) is 31.2 Å². The number of hydrogen-bond acceptors (Lipinski definition) is 7. The number of carbonyl (C=O) groups is 2. The number of hydrogen-bond donors (Lipinski definition) is 1. The Kier molecular flexibility index (Phi) is 7.44. The van der Waals surface area contributed by atoms with Crippen molar-refractivity contribution in [2.45, 2.75) is 12.8 Å². The molecule has 2 N–H and O–H groups in total. The fourth-order valence-electron chi connectivity index (χ4n) is 3.93. The van der Waals surface area contributed by atoms with Crippen LogP contribution in [0.5, 0.6) is 0 Å². The summed E-state index contributed by atoms with van der Waals surface area (Å²) in [5.74, 6) is -2.35.